The molecule has 6 aliphatic rings. The van der Waals surface area contributed by atoms with E-state index in [1.165, 1.54) is 6.42 Å². The average Bonchev–Trinajstić information content (AvgIpc) is 2.90. The van der Waals surface area contributed by atoms with Crippen molar-refractivity contribution in [1.82, 2.24) is 4.90 Å². The molecule has 2 aromatic rings. The van der Waals surface area contributed by atoms with Gasteiger partial charge in [0.2, 0.25) is 11.6 Å². The van der Waals surface area contributed by atoms with Gasteiger partial charge in [0, 0.05) is 37.8 Å². The summed E-state index contributed by atoms with van der Waals surface area (Å²) in [5, 5.41) is 0. The topological polar surface area (TPSA) is 60.5 Å². The van der Waals surface area contributed by atoms with Gasteiger partial charge in [-0.05, 0) is 68.2 Å². The molecule has 2 amide bonds. The van der Waals surface area contributed by atoms with Crippen molar-refractivity contribution < 1.29 is 24.3 Å². The Morgan fingerprint density at radius 2 is 1.20 bits per heavy atom. The summed E-state index contributed by atoms with van der Waals surface area (Å²) in [4.78, 5) is 41.7. The third-order valence-electron chi connectivity index (χ3n) is 8.94. The van der Waals surface area contributed by atoms with Crippen molar-refractivity contribution in [2.45, 2.75) is 56.5 Å². The lowest BCUT2D eigenvalue weighted by molar-refractivity contribution is -0.680. The van der Waals surface area contributed by atoms with Gasteiger partial charge in [0.1, 0.15) is 0 Å². The Hall–Kier alpha value is -2.45. The van der Waals surface area contributed by atoms with Crippen LogP contribution in [0.2, 0.25) is 0 Å². The zero-order valence-corrected chi connectivity index (χ0v) is 19.9. The highest BCUT2D eigenvalue weighted by atomic mass is 17.4. The monoisotopic (exact) mass is 476 g/mol. The summed E-state index contributed by atoms with van der Waals surface area (Å²) in [6, 6.07) is 19.4. The Kier molecular flexibility index (Phi) is 5.17. The lowest BCUT2D eigenvalue weighted by atomic mass is 9.53. The number of benzene rings is 2. The molecule has 0 unspecified atom stereocenters. The summed E-state index contributed by atoms with van der Waals surface area (Å²) in [6.07, 6.45) is 6.92. The molecule has 0 N–H and O–H groups in total. The lowest BCUT2D eigenvalue weighted by Gasteiger charge is -2.60. The molecule has 2 spiro atoms. The molecule has 7 heteroatoms. The molecule has 4 bridgehead atoms. The highest BCUT2D eigenvalue weighted by molar-refractivity contribution is 5.99. The van der Waals surface area contributed by atoms with Crippen LogP contribution in [-0.4, -0.2) is 35.6 Å². The number of hydrogen-bond donors (Lipinski definition) is 0. The number of carbonyl (C=O) groups is 1. The predicted octanol–water partition coefficient (Wildman–Crippen LogP) is 5.80. The molecular weight excluding hydrogens is 444 g/mol. The number of carbonyl (C=O) groups excluding carboxylic acids is 1. The van der Waals surface area contributed by atoms with Crippen LogP contribution in [-0.2, 0) is 19.6 Å². The number of nitrogens with zero attached hydrogens (tertiary/aromatic N) is 2. The second kappa shape index (κ2) is 8.30. The molecule has 35 heavy (non-hydrogen) atoms. The Morgan fingerprint density at radius 3 is 1.69 bits per heavy atom. The first-order valence-electron chi connectivity index (χ1n) is 13.1. The van der Waals surface area contributed by atoms with Gasteiger partial charge >= 0.3 is 6.03 Å². The van der Waals surface area contributed by atoms with Gasteiger partial charge in [-0.3, -0.25) is 4.90 Å². The van der Waals surface area contributed by atoms with Gasteiger partial charge in [0.25, 0.3) is 0 Å². The standard InChI is InChI=1S/C28H32N2O5/c31-26(30(24-7-3-1-4-8-24)25-9-5-2-6-10-25)29-13-11-27(12-14-29)32-34-28(35-33-27)22-16-20-15-21(18-22)19-23(28)17-20/h1-10,20-23H,11-19H2. The van der Waals surface area contributed by atoms with Crippen LogP contribution in [0.15, 0.2) is 60.7 Å². The molecule has 6 fully saturated rings. The van der Waals surface area contributed by atoms with Crippen molar-refractivity contribution in [3.05, 3.63) is 60.7 Å². The van der Waals surface area contributed by atoms with Gasteiger partial charge in [0.15, 0.2) is 0 Å². The molecule has 184 valence electrons. The van der Waals surface area contributed by atoms with Crippen LogP contribution in [0.5, 0.6) is 0 Å². The first-order valence-corrected chi connectivity index (χ1v) is 13.1. The second-order valence-corrected chi connectivity index (χ2v) is 11.0. The molecule has 4 aliphatic carbocycles. The minimum Gasteiger partial charge on any atom is -0.324 e. The fourth-order valence-electron chi connectivity index (χ4n) is 7.29. The Labute approximate surface area is 205 Å². The van der Waals surface area contributed by atoms with E-state index in [1.807, 2.05) is 65.6 Å². The number of rotatable bonds is 2. The van der Waals surface area contributed by atoms with E-state index in [9.17, 15) is 4.79 Å². The molecule has 0 aromatic heterocycles. The van der Waals surface area contributed by atoms with Crippen molar-refractivity contribution in [2.75, 3.05) is 18.0 Å². The molecule has 0 radical (unpaired) electrons. The quantitative estimate of drug-likeness (QED) is 0.513. The number of likely N-dealkylation sites (tertiary alicyclic amines) is 1. The highest BCUT2D eigenvalue weighted by Crippen LogP contribution is 2.61. The van der Waals surface area contributed by atoms with Crippen molar-refractivity contribution in [3.8, 4) is 0 Å². The molecule has 8 rings (SSSR count). The van der Waals surface area contributed by atoms with Crippen molar-refractivity contribution >= 4 is 17.4 Å². The molecule has 4 saturated carbocycles. The van der Waals surface area contributed by atoms with Gasteiger partial charge in [-0.2, -0.15) is 19.6 Å². The normalized spacial score (nSPS) is 32.2. The average molecular weight is 477 g/mol. The zero-order chi connectivity index (χ0) is 23.5. The van der Waals surface area contributed by atoms with E-state index in [0.29, 0.717) is 37.8 Å². The molecular formula is C28H32N2O5. The van der Waals surface area contributed by atoms with Crippen LogP contribution in [0.25, 0.3) is 0 Å². The van der Waals surface area contributed by atoms with Crippen molar-refractivity contribution in [1.29, 1.82) is 0 Å². The fourth-order valence-corrected chi connectivity index (χ4v) is 7.29. The van der Waals surface area contributed by atoms with Crippen molar-refractivity contribution in [2.24, 2.45) is 23.7 Å². The van der Waals surface area contributed by atoms with E-state index in [4.69, 9.17) is 19.6 Å². The SMILES string of the molecule is O=C(N1CCC2(CC1)OOC1(OO2)C2CC3CC(C2)CC1C3)N(c1ccccc1)c1ccccc1. The number of amides is 2. The van der Waals surface area contributed by atoms with Gasteiger partial charge in [-0.1, -0.05) is 36.4 Å². The van der Waals surface area contributed by atoms with Crippen LogP contribution in [0.3, 0.4) is 0 Å². The highest BCUT2D eigenvalue weighted by Gasteiger charge is 2.64. The maximum absolute atomic E-state index is 13.7. The number of piperidine rings is 1. The van der Waals surface area contributed by atoms with E-state index in [0.717, 1.165) is 48.9 Å². The molecule has 2 heterocycles. The van der Waals surface area contributed by atoms with Gasteiger partial charge in [-0.25, -0.2) is 4.79 Å². The van der Waals surface area contributed by atoms with Gasteiger partial charge in [-0.15, -0.1) is 0 Å². The van der Waals surface area contributed by atoms with Gasteiger partial charge < -0.3 is 4.90 Å². The molecule has 7 nitrogen and oxygen atoms in total. The smallest absolute Gasteiger partial charge is 0.324 e. The zero-order valence-electron chi connectivity index (χ0n) is 19.9. The summed E-state index contributed by atoms with van der Waals surface area (Å²) in [5.41, 5.74) is 1.68. The minimum absolute atomic E-state index is 0.0626. The summed E-state index contributed by atoms with van der Waals surface area (Å²) < 4.78 is 0. The molecule has 2 aliphatic heterocycles. The van der Waals surface area contributed by atoms with Crippen LogP contribution in [0, 0.1) is 23.7 Å². The van der Waals surface area contributed by atoms with E-state index in [2.05, 4.69) is 0 Å². The maximum atomic E-state index is 13.7. The number of hydrogen-bond acceptors (Lipinski definition) is 5. The summed E-state index contributed by atoms with van der Waals surface area (Å²) in [6.45, 7) is 0.984. The molecule has 2 aromatic carbocycles. The fraction of sp³-hybridized carbons (Fsp3) is 0.536. The molecule has 0 atom stereocenters. The first kappa shape index (κ1) is 21.8. The lowest BCUT2D eigenvalue weighted by Crippen LogP contribution is -2.65. The largest absolute Gasteiger partial charge is 0.329 e. The maximum Gasteiger partial charge on any atom is 0.329 e. The summed E-state index contributed by atoms with van der Waals surface area (Å²) in [5.74, 6) is 0.603. The summed E-state index contributed by atoms with van der Waals surface area (Å²) >= 11 is 0. The first-order chi connectivity index (χ1) is 17.1. The van der Waals surface area contributed by atoms with E-state index >= 15 is 0 Å². The number of urea groups is 1. The van der Waals surface area contributed by atoms with Crippen LogP contribution >= 0.6 is 0 Å². The van der Waals surface area contributed by atoms with Crippen LogP contribution in [0.1, 0.15) is 44.9 Å². The van der Waals surface area contributed by atoms with E-state index in [1.54, 1.807) is 4.90 Å². The minimum atomic E-state index is -0.957. The predicted molar refractivity (Wildman–Crippen MR) is 128 cm³/mol. The Balaban J connectivity index is 1.04. The Bertz CT molecular complexity index is 990. The van der Waals surface area contributed by atoms with Crippen molar-refractivity contribution in [3.63, 3.8) is 0 Å². The van der Waals surface area contributed by atoms with E-state index in [-0.39, 0.29) is 6.03 Å². The van der Waals surface area contributed by atoms with Gasteiger partial charge in [0.05, 0.1) is 11.4 Å². The molecule has 2 saturated heterocycles. The number of para-hydroxylation sites is 2. The Morgan fingerprint density at radius 1 is 0.714 bits per heavy atom. The van der Waals surface area contributed by atoms with E-state index < -0.39 is 11.6 Å². The summed E-state index contributed by atoms with van der Waals surface area (Å²) in [7, 11) is 0. The third kappa shape index (κ3) is 3.59. The second-order valence-electron chi connectivity index (χ2n) is 11.0. The number of anilines is 2. The van der Waals surface area contributed by atoms with Crippen LogP contribution in [0.4, 0.5) is 16.2 Å². The third-order valence-corrected chi connectivity index (χ3v) is 8.94. The van der Waals surface area contributed by atoms with Crippen LogP contribution < -0.4 is 4.90 Å².